The number of carbonyl (C=O) groups is 2. The van der Waals surface area contributed by atoms with Gasteiger partial charge in [-0.3, -0.25) is 9.59 Å². The number of rotatable bonds is 7. The maximum Gasteiger partial charge on any atom is 0.234 e. The first kappa shape index (κ1) is 22.7. The predicted molar refractivity (Wildman–Crippen MR) is 138 cm³/mol. The Morgan fingerprint density at radius 3 is 2.29 bits per heavy atom. The third kappa shape index (κ3) is 5.38. The average Bonchev–Trinajstić information content (AvgIpc) is 3.34. The van der Waals surface area contributed by atoms with Crippen molar-refractivity contribution in [3.63, 3.8) is 0 Å². The van der Waals surface area contributed by atoms with Crippen LogP contribution in [-0.2, 0) is 9.59 Å². The lowest BCUT2D eigenvalue weighted by atomic mass is 10.0. The largest absolute Gasteiger partial charge is 0.325 e. The molecule has 5 rings (SSSR count). The summed E-state index contributed by atoms with van der Waals surface area (Å²) in [5, 5.41) is 12.0. The van der Waals surface area contributed by atoms with Crippen molar-refractivity contribution >= 4 is 35.0 Å². The minimum absolute atomic E-state index is 0.113. The molecule has 2 amide bonds. The van der Waals surface area contributed by atoms with Crippen LogP contribution in [0.3, 0.4) is 0 Å². The zero-order valence-electron chi connectivity index (χ0n) is 18.9. The number of hydrogen-bond acceptors (Lipinski definition) is 6. The third-order valence-corrected chi connectivity index (χ3v) is 6.45. The van der Waals surface area contributed by atoms with Gasteiger partial charge in [-0.1, -0.05) is 78.5 Å². The summed E-state index contributed by atoms with van der Waals surface area (Å²) in [7, 11) is 0. The number of nitrogens with one attached hydrogen (secondary N) is 1. The van der Waals surface area contributed by atoms with Crippen LogP contribution in [0.5, 0.6) is 0 Å². The maximum atomic E-state index is 12.6. The number of aromatic nitrogens is 3. The van der Waals surface area contributed by atoms with Crippen molar-refractivity contribution in [1.82, 2.24) is 15.2 Å². The van der Waals surface area contributed by atoms with Crippen molar-refractivity contribution in [2.45, 2.75) is 18.0 Å². The molecule has 0 bridgehead atoms. The van der Waals surface area contributed by atoms with Gasteiger partial charge in [0.05, 0.1) is 5.75 Å². The molecule has 1 saturated heterocycles. The number of amides is 2. The Labute approximate surface area is 207 Å². The van der Waals surface area contributed by atoms with Gasteiger partial charge < -0.3 is 10.2 Å². The molecule has 0 spiro atoms. The van der Waals surface area contributed by atoms with Crippen molar-refractivity contribution in [3.8, 4) is 22.5 Å². The Hall–Kier alpha value is -4.04. The van der Waals surface area contributed by atoms with Gasteiger partial charge in [-0.15, -0.1) is 10.2 Å². The highest BCUT2D eigenvalue weighted by molar-refractivity contribution is 7.99. The van der Waals surface area contributed by atoms with Crippen LogP contribution < -0.4 is 10.2 Å². The second kappa shape index (κ2) is 10.5. The molecule has 8 heteroatoms. The first-order valence-corrected chi connectivity index (χ1v) is 12.3. The summed E-state index contributed by atoms with van der Waals surface area (Å²) in [5.74, 6) is 0.0618. The van der Waals surface area contributed by atoms with Gasteiger partial charge in [0.2, 0.25) is 17.0 Å². The number of benzene rings is 3. The van der Waals surface area contributed by atoms with Crippen LogP contribution >= 0.6 is 11.8 Å². The first-order chi connectivity index (χ1) is 17.2. The minimum Gasteiger partial charge on any atom is -0.325 e. The van der Waals surface area contributed by atoms with Gasteiger partial charge >= 0.3 is 0 Å². The standard InChI is InChI=1S/C27H23N5O2S/c33-23(28-21-13-7-14-22(17-21)32-16-8-15-24(32)34)18-35-27-29-25(19-9-3-1-4-10-19)26(30-31-27)20-11-5-2-6-12-20/h1-7,9-14,17H,8,15-16,18H2,(H,28,33). The second-order valence-corrected chi connectivity index (χ2v) is 9.00. The number of carbonyl (C=O) groups excluding carboxylic acids is 2. The highest BCUT2D eigenvalue weighted by Crippen LogP contribution is 2.30. The molecule has 35 heavy (non-hydrogen) atoms. The van der Waals surface area contributed by atoms with E-state index >= 15 is 0 Å². The number of nitrogens with zero attached hydrogens (tertiary/aromatic N) is 4. The van der Waals surface area contributed by atoms with E-state index in [1.54, 1.807) is 4.90 Å². The zero-order chi connectivity index (χ0) is 24.0. The summed E-state index contributed by atoms with van der Waals surface area (Å²) in [6.07, 6.45) is 1.42. The monoisotopic (exact) mass is 481 g/mol. The van der Waals surface area contributed by atoms with E-state index in [2.05, 4.69) is 15.5 Å². The molecule has 1 aliphatic heterocycles. The normalized spacial score (nSPS) is 13.1. The van der Waals surface area contributed by atoms with Gasteiger partial charge in [0, 0.05) is 35.5 Å². The van der Waals surface area contributed by atoms with Gasteiger partial charge in [-0.2, -0.15) is 0 Å². The third-order valence-electron chi connectivity index (χ3n) is 5.61. The van der Waals surface area contributed by atoms with E-state index in [0.29, 0.717) is 29.5 Å². The first-order valence-electron chi connectivity index (χ1n) is 11.4. The Balaban J connectivity index is 1.30. The lowest BCUT2D eigenvalue weighted by molar-refractivity contribution is -0.117. The molecule has 0 saturated carbocycles. The molecule has 4 aromatic rings. The fourth-order valence-electron chi connectivity index (χ4n) is 3.96. The summed E-state index contributed by atoms with van der Waals surface area (Å²) >= 11 is 1.23. The molecule has 0 atom stereocenters. The van der Waals surface area contributed by atoms with Gasteiger partial charge in [-0.05, 0) is 24.6 Å². The Kier molecular flexibility index (Phi) is 6.81. The van der Waals surface area contributed by atoms with E-state index in [1.807, 2.05) is 84.9 Å². The van der Waals surface area contributed by atoms with Gasteiger partial charge in [-0.25, -0.2) is 4.98 Å². The molecule has 7 nitrogen and oxygen atoms in total. The molecule has 2 heterocycles. The SMILES string of the molecule is O=C(CSc1nnc(-c2ccccc2)c(-c2ccccc2)n1)Nc1cccc(N2CCCC2=O)c1. The lowest BCUT2D eigenvalue weighted by Crippen LogP contribution is -2.23. The predicted octanol–water partition coefficient (Wildman–Crippen LogP) is 5.06. The van der Waals surface area contributed by atoms with Crippen molar-refractivity contribution in [2.24, 2.45) is 0 Å². The molecular weight excluding hydrogens is 458 g/mol. The summed E-state index contributed by atoms with van der Waals surface area (Å²) in [5.41, 5.74) is 4.72. The van der Waals surface area contributed by atoms with Crippen LogP contribution in [0.15, 0.2) is 90.1 Å². The number of thioether (sulfide) groups is 1. The Bertz CT molecular complexity index is 1350. The molecule has 1 N–H and O–H groups in total. The molecule has 0 radical (unpaired) electrons. The molecular formula is C27H23N5O2S. The smallest absolute Gasteiger partial charge is 0.234 e. The maximum absolute atomic E-state index is 12.6. The summed E-state index contributed by atoms with van der Waals surface area (Å²) in [6, 6.07) is 27.0. The molecule has 1 aliphatic rings. The lowest BCUT2D eigenvalue weighted by Gasteiger charge is -2.16. The van der Waals surface area contributed by atoms with E-state index in [4.69, 9.17) is 4.98 Å². The summed E-state index contributed by atoms with van der Waals surface area (Å²) < 4.78 is 0. The fraction of sp³-hybridized carbons (Fsp3) is 0.148. The highest BCUT2D eigenvalue weighted by Gasteiger charge is 2.22. The van der Waals surface area contributed by atoms with E-state index in [9.17, 15) is 9.59 Å². The van der Waals surface area contributed by atoms with E-state index < -0.39 is 0 Å². The van der Waals surface area contributed by atoms with Gasteiger partial charge in [0.15, 0.2) is 0 Å². The van der Waals surface area contributed by atoms with Crippen LogP contribution in [0.2, 0.25) is 0 Å². The van der Waals surface area contributed by atoms with Crippen molar-refractivity contribution in [2.75, 3.05) is 22.5 Å². The Morgan fingerprint density at radius 1 is 0.886 bits per heavy atom. The second-order valence-electron chi connectivity index (χ2n) is 8.06. The summed E-state index contributed by atoms with van der Waals surface area (Å²) in [4.78, 5) is 31.2. The molecule has 1 aromatic heterocycles. The quantitative estimate of drug-likeness (QED) is 0.371. The number of anilines is 2. The zero-order valence-corrected chi connectivity index (χ0v) is 19.7. The molecule has 174 valence electrons. The van der Waals surface area contributed by atoms with Crippen LogP contribution in [0, 0.1) is 0 Å². The molecule has 0 aliphatic carbocycles. The van der Waals surface area contributed by atoms with Crippen molar-refractivity contribution < 1.29 is 9.59 Å². The minimum atomic E-state index is -0.183. The van der Waals surface area contributed by atoms with Gasteiger partial charge in [0.25, 0.3) is 0 Å². The fourth-order valence-corrected chi connectivity index (χ4v) is 4.55. The number of hydrogen-bond donors (Lipinski definition) is 1. The van der Waals surface area contributed by atoms with Crippen LogP contribution in [0.25, 0.3) is 22.5 Å². The Morgan fingerprint density at radius 2 is 1.60 bits per heavy atom. The highest BCUT2D eigenvalue weighted by atomic mass is 32.2. The van der Waals surface area contributed by atoms with E-state index in [1.165, 1.54) is 11.8 Å². The van der Waals surface area contributed by atoms with Crippen LogP contribution in [0.1, 0.15) is 12.8 Å². The topological polar surface area (TPSA) is 88.1 Å². The molecule has 3 aromatic carbocycles. The van der Waals surface area contributed by atoms with Crippen LogP contribution in [0.4, 0.5) is 11.4 Å². The molecule has 1 fully saturated rings. The van der Waals surface area contributed by atoms with Crippen LogP contribution in [-0.4, -0.2) is 39.3 Å². The van der Waals surface area contributed by atoms with E-state index in [0.717, 1.165) is 28.9 Å². The van der Waals surface area contributed by atoms with Crippen molar-refractivity contribution in [3.05, 3.63) is 84.9 Å². The summed E-state index contributed by atoms with van der Waals surface area (Å²) in [6.45, 7) is 0.707. The van der Waals surface area contributed by atoms with Crippen molar-refractivity contribution in [1.29, 1.82) is 0 Å². The average molecular weight is 482 g/mol. The van der Waals surface area contributed by atoms with E-state index in [-0.39, 0.29) is 17.6 Å². The van der Waals surface area contributed by atoms with Gasteiger partial charge in [0.1, 0.15) is 11.4 Å². The molecule has 0 unspecified atom stereocenters.